The second kappa shape index (κ2) is 17.2. The van der Waals surface area contributed by atoms with Crippen LogP contribution >= 0.6 is 0 Å². The lowest BCUT2D eigenvalue weighted by Gasteiger charge is -2.37. The van der Waals surface area contributed by atoms with E-state index < -0.39 is 6.29 Å². The molecule has 0 aliphatic heterocycles. The summed E-state index contributed by atoms with van der Waals surface area (Å²) in [6.45, 7) is 7.15. The monoisotopic (exact) mass is 510 g/mol. The van der Waals surface area contributed by atoms with Gasteiger partial charge in [-0.05, 0) is 37.0 Å². The summed E-state index contributed by atoms with van der Waals surface area (Å²) in [4.78, 5) is 13.3. The van der Waals surface area contributed by atoms with E-state index in [1.807, 2.05) is 37.3 Å². The van der Waals surface area contributed by atoms with Crippen LogP contribution in [-0.4, -0.2) is 36.9 Å². The minimum atomic E-state index is -0.581. The maximum absolute atomic E-state index is 13.3. The number of nitrogens with zero attached hydrogens (tertiary/aromatic N) is 1. The number of esters is 1. The maximum atomic E-state index is 13.3. The highest BCUT2D eigenvalue weighted by molar-refractivity contribution is 5.74. The molecular weight excluding hydrogens is 458 g/mol. The van der Waals surface area contributed by atoms with Crippen molar-refractivity contribution in [1.82, 2.24) is 0 Å². The summed E-state index contributed by atoms with van der Waals surface area (Å²) in [5, 5.41) is 0. The molecule has 2 rings (SSSR count). The Kier molecular flexibility index (Phi) is 14.4. The zero-order chi connectivity index (χ0) is 26.9. The summed E-state index contributed by atoms with van der Waals surface area (Å²) < 4.78 is 12.6. The van der Waals surface area contributed by atoms with Crippen LogP contribution in [0.4, 0.5) is 0 Å². The molecule has 0 N–H and O–H groups in total. The van der Waals surface area contributed by atoms with Crippen molar-refractivity contribution in [2.24, 2.45) is 0 Å². The SMILES string of the molecule is CCCCCCCCCCc1ccc(OC(CC)OC(=O)C(CCC)[N+](C)(C)Cc2ccccc2)cc1. The first-order valence-electron chi connectivity index (χ1n) is 14.7. The average Bonchev–Trinajstić information content (AvgIpc) is 2.89. The Bertz CT molecular complexity index is 863. The molecule has 0 spiro atoms. The molecule has 0 aromatic heterocycles. The van der Waals surface area contributed by atoms with Crippen molar-refractivity contribution < 1.29 is 18.8 Å². The molecule has 0 fully saturated rings. The third-order valence-corrected chi connectivity index (χ3v) is 7.20. The first-order chi connectivity index (χ1) is 17.9. The van der Waals surface area contributed by atoms with E-state index in [0.717, 1.165) is 31.6 Å². The fourth-order valence-electron chi connectivity index (χ4n) is 4.94. The Morgan fingerprint density at radius 2 is 1.38 bits per heavy atom. The number of quaternary nitrogens is 1. The Morgan fingerprint density at radius 3 is 1.97 bits per heavy atom. The van der Waals surface area contributed by atoms with Gasteiger partial charge in [-0.25, -0.2) is 4.79 Å². The number of hydrogen-bond donors (Lipinski definition) is 0. The molecule has 0 radical (unpaired) electrons. The molecule has 0 saturated carbocycles. The van der Waals surface area contributed by atoms with Crippen LogP contribution in [0.5, 0.6) is 5.75 Å². The van der Waals surface area contributed by atoms with E-state index in [4.69, 9.17) is 9.47 Å². The van der Waals surface area contributed by atoms with Crippen LogP contribution in [0.1, 0.15) is 103 Å². The molecule has 2 atom stereocenters. The van der Waals surface area contributed by atoms with Gasteiger partial charge in [-0.3, -0.25) is 0 Å². The summed E-state index contributed by atoms with van der Waals surface area (Å²) in [7, 11) is 4.23. The quantitative estimate of drug-likeness (QED) is 0.0823. The molecular formula is C33H52NO3+. The molecule has 2 aromatic rings. The van der Waals surface area contributed by atoms with Crippen LogP contribution in [0.25, 0.3) is 0 Å². The van der Waals surface area contributed by atoms with Gasteiger partial charge in [-0.2, -0.15) is 0 Å². The molecule has 0 aliphatic rings. The van der Waals surface area contributed by atoms with Crippen LogP contribution in [0.3, 0.4) is 0 Å². The summed E-state index contributed by atoms with van der Waals surface area (Å²) in [6.07, 6.45) is 13.5. The third-order valence-electron chi connectivity index (χ3n) is 7.20. The molecule has 0 amide bonds. The van der Waals surface area contributed by atoms with Gasteiger partial charge >= 0.3 is 5.97 Å². The number of carbonyl (C=O) groups excluding carboxylic acids is 1. The summed E-state index contributed by atoms with van der Waals surface area (Å²) >= 11 is 0. The van der Waals surface area contributed by atoms with Gasteiger partial charge in [0.25, 0.3) is 0 Å². The zero-order valence-corrected chi connectivity index (χ0v) is 24.2. The number of ether oxygens (including phenoxy) is 2. The van der Waals surface area contributed by atoms with Gasteiger partial charge in [-0.15, -0.1) is 0 Å². The molecule has 2 aromatic carbocycles. The first kappa shape index (κ1) is 30.9. The second-order valence-electron chi connectivity index (χ2n) is 11.0. The Hall–Kier alpha value is -2.33. The van der Waals surface area contributed by atoms with Crippen LogP contribution in [0.2, 0.25) is 0 Å². The van der Waals surface area contributed by atoms with Crippen molar-refractivity contribution in [3.05, 3.63) is 65.7 Å². The molecule has 0 heterocycles. The van der Waals surface area contributed by atoms with E-state index in [0.29, 0.717) is 10.9 Å². The number of carbonyl (C=O) groups is 1. The number of unbranched alkanes of at least 4 members (excludes halogenated alkanes) is 7. The number of rotatable bonds is 19. The molecule has 4 heteroatoms. The van der Waals surface area contributed by atoms with Crippen LogP contribution in [-0.2, 0) is 22.5 Å². The number of benzene rings is 2. The molecule has 0 saturated heterocycles. The van der Waals surface area contributed by atoms with E-state index in [2.05, 4.69) is 52.2 Å². The topological polar surface area (TPSA) is 35.5 Å². The minimum Gasteiger partial charge on any atom is -0.455 e. The second-order valence-corrected chi connectivity index (χ2v) is 11.0. The highest BCUT2D eigenvalue weighted by Gasteiger charge is 2.37. The fourth-order valence-corrected chi connectivity index (χ4v) is 4.94. The van der Waals surface area contributed by atoms with Crippen molar-refractivity contribution in [3.8, 4) is 5.75 Å². The van der Waals surface area contributed by atoms with Gasteiger partial charge in [0.1, 0.15) is 12.3 Å². The first-order valence-corrected chi connectivity index (χ1v) is 14.7. The predicted octanol–water partition coefficient (Wildman–Crippen LogP) is 8.47. The van der Waals surface area contributed by atoms with Crippen molar-refractivity contribution in [3.63, 3.8) is 0 Å². The van der Waals surface area contributed by atoms with Crippen molar-refractivity contribution in [1.29, 1.82) is 0 Å². The van der Waals surface area contributed by atoms with Crippen LogP contribution in [0.15, 0.2) is 54.6 Å². The normalized spacial score (nSPS) is 13.2. The van der Waals surface area contributed by atoms with E-state index >= 15 is 0 Å². The summed E-state index contributed by atoms with van der Waals surface area (Å²) in [5.74, 6) is 0.574. The highest BCUT2D eigenvalue weighted by Crippen LogP contribution is 2.22. The van der Waals surface area contributed by atoms with Gasteiger partial charge in [0, 0.05) is 18.4 Å². The standard InChI is InChI=1S/C33H52NO3/c1-6-9-10-11-12-13-14-16-20-28-23-25-30(26-24-28)36-32(8-3)37-33(35)31(19-7-2)34(4,5)27-29-21-17-15-18-22-29/h15,17-18,21-26,31-32H,6-14,16,19-20,27H2,1-5H3/q+1. The Morgan fingerprint density at radius 1 is 0.757 bits per heavy atom. The fraction of sp³-hybridized carbons (Fsp3) is 0.606. The van der Waals surface area contributed by atoms with E-state index in [1.165, 1.54) is 62.5 Å². The maximum Gasteiger partial charge on any atom is 0.368 e. The largest absolute Gasteiger partial charge is 0.455 e. The van der Waals surface area contributed by atoms with E-state index in [9.17, 15) is 4.79 Å². The zero-order valence-electron chi connectivity index (χ0n) is 24.2. The van der Waals surface area contributed by atoms with Gasteiger partial charge in [-0.1, -0.05) is 108 Å². The van der Waals surface area contributed by atoms with Gasteiger partial charge < -0.3 is 14.0 Å². The van der Waals surface area contributed by atoms with Crippen LogP contribution < -0.4 is 4.74 Å². The van der Waals surface area contributed by atoms with E-state index in [-0.39, 0.29) is 12.0 Å². The smallest absolute Gasteiger partial charge is 0.368 e. The molecule has 4 nitrogen and oxygen atoms in total. The van der Waals surface area contributed by atoms with Crippen molar-refractivity contribution in [2.75, 3.05) is 14.1 Å². The van der Waals surface area contributed by atoms with Gasteiger partial charge in [0.05, 0.1) is 14.1 Å². The molecule has 0 bridgehead atoms. The number of aryl methyl sites for hydroxylation is 1. The van der Waals surface area contributed by atoms with Crippen LogP contribution in [0, 0.1) is 0 Å². The molecule has 2 unspecified atom stereocenters. The number of hydrogen-bond acceptors (Lipinski definition) is 3. The average molecular weight is 511 g/mol. The Labute approximate surface area is 227 Å². The highest BCUT2D eigenvalue weighted by atomic mass is 16.7. The summed E-state index contributed by atoms with van der Waals surface area (Å²) in [5.41, 5.74) is 2.56. The lowest BCUT2D eigenvalue weighted by atomic mass is 10.0. The third kappa shape index (κ3) is 11.7. The van der Waals surface area contributed by atoms with Gasteiger partial charge in [0.15, 0.2) is 6.04 Å². The Balaban J connectivity index is 1.84. The van der Waals surface area contributed by atoms with Crippen molar-refractivity contribution >= 4 is 5.97 Å². The molecule has 0 aliphatic carbocycles. The predicted molar refractivity (Wildman–Crippen MR) is 155 cm³/mol. The molecule has 206 valence electrons. The van der Waals surface area contributed by atoms with Gasteiger partial charge in [0.2, 0.25) is 6.29 Å². The molecule has 37 heavy (non-hydrogen) atoms. The summed E-state index contributed by atoms with van der Waals surface area (Å²) in [6, 6.07) is 18.4. The number of likely N-dealkylation sites (N-methyl/N-ethyl adjacent to an activating group) is 1. The van der Waals surface area contributed by atoms with Crippen molar-refractivity contribution in [2.45, 2.75) is 117 Å². The van der Waals surface area contributed by atoms with E-state index in [1.54, 1.807) is 0 Å². The lowest BCUT2D eigenvalue weighted by molar-refractivity contribution is -0.920. The minimum absolute atomic E-state index is 0.180. The lowest BCUT2D eigenvalue weighted by Crippen LogP contribution is -2.53.